The zero-order valence-electron chi connectivity index (χ0n) is 9.90. The maximum Gasteiger partial charge on any atom is 0.254 e. The molecule has 1 aromatic carbocycles. The van der Waals surface area contributed by atoms with Gasteiger partial charge >= 0.3 is 0 Å². The van der Waals surface area contributed by atoms with Crippen molar-refractivity contribution in [1.82, 2.24) is 4.90 Å². The van der Waals surface area contributed by atoms with Crippen LogP contribution in [0.5, 0.6) is 0 Å². The molecule has 4 heteroatoms. The highest BCUT2D eigenvalue weighted by molar-refractivity contribution is 14.1. The molecule has 2 unspecified atom stereocenters. The standard InChI is InChI=1S/C13H17IN2O/c1-9-8-16(7-6-12(9)15)13(17)10-4-2-3-5-11(10)14/h2-5,9,12H,6-8,15H2,1H3. The molecule has 0 bridgehead atoms. The van der Waals surface area contributed by atoms with E-state index in [2.05, 4.69) is 29.5 Å². The molecule has 1 aliphatic heterocycles. The second-order valence-electron chi connectivity index (χ2n) is 4.66. The molecule has 2 N–H and O–H groups in total. The molecule has 1 amide bonds. The molecule has 2 rings (SSSR count). The van der Waals surface area contributed by atoms with Crippen LogP contribution in [-0.4, -0.2) is 29.9 Å². The summed E-state index contributed by atoms with van der Waals surface area (Å²) in [6.45, 7) is 3.65. The minimum atomic E-state index is 0.133. The minimum Gasteiger partial charge on any atom is -0.338 e. The molecular weight excluding hydrogens is 327 g/mol. The second kappa shape index (κ2) is 5.35. The van der Waals surface area contributed by atoms with Crippen molar-refractivity contribution in [1.29, 1.82) is 0 Å². The Morgan fingerprint density at radius 3 is 2.82 bits per heavy atom. The monoisotopic (exact) mass is 344 g/mol. The Morgan fingerprint density at radius 1 is 1.47 bits per heavy atom. The average molecular weight is 344 g/mol. The maximum atomic E-state index is 12.4. The Labute approximate surface area is 116 Å². The molecule has 1 fully saturated rings. The molecule has 1 heterocycles. The molecule has 0 spiro atoms. The van der Waals surface area contributed by atoms with Crippen LogP contribution in [0.3, 0.4) is 0 Å². The van der Waals surface area contributed by atoms with Crippen molar-refractivity contribution in [3.8, 4) is 0 Å². The van der Waals surface area contributed by atoms with Crippen molar-refractivity contribution in [3.63, 3.8) is 0 Å². The number of rotatable bonds is 1. The van der Waals surface area contributed by atoms with E-state index in [1.807, 2.05) is 29.2 Å². The number of nitrogens with two attached hydrogens (primary N) is 1. The first-order valence-corrected chi connectivity index (χ1v) is 6.97. The summed E-state index contributed by atoms with van der Waals surface area (Å²) in [5.74, 6) is 0.517. The first-order chi connectivity index (χ1) is 8.09. The number of hydrogen-bond acceptors (Lipinski definition) is 2. The number of likely N-dealkylation sites (tertiary alicyclic amines) is 1. The lowest BCUT2D eigenvalue weighted by Gasteiger charge is -2.35. The smallest absolute Gasteiger partial charge is 0.254 e. The Hall–Kier alpha value is -0.620. The van der Waals surface area contributed by atoms with Gasteiger partial charge in [0.2, 0.25) is 0 Å². The van der Waals surface area contributed by atoms with E-state index in [0.717, 1.165) is 28.6 Å². The van der Waals surface area contributed by atoms with Gasteiger partial charge in [-0.25, -0.2) is 0 Å². The van der Waals surface area contributed by atoms with Crippen molar-refractivity contribution in [3.05, 3.63) is 33.4 Å². The first kappa shape index (κ1) is 12.8. The van der Waals surface area contributed by atoms with Crippen molar-refractivity contribution < 1.29 is 4.79 Å². The molecule has 0 aromatic heterocycles. The molecule has 92 valence electrons. The fraction of sp³-hybridized carbons (Fsp3) is 0.462. The summed E-state index contributed by atoms with van der Waals surface area (Å²) in [4.78, 5) is 14.3. The van der Waals surface area contributed by atoms with E-state index in [9.17, 15) is 4.79 Å². The topological polar surface area (TPSA) is 46.3 Å². The van der Waals surface area contributed by atoms with Crippen LogP contribution in [0.1, 0.15) is 23.7 Å². The van der Waals surface area contributed by atoms with E-state index in [4.69, 9.17) is 5.73 Å². The summed E-state index contributed by atoms with van der Waals surface area (Å²) < 4.78 is 1.01. The number of benzene rings is 1. The van der Waals surface area contributed by atoms with Gasteiger partial charge in [-0.3, -0.25) is 4.79 Å². The van der Waals surface area contributed by atoms with Gasteiger partial charge in [-0.1, -0.05) is 19.1 Å². The van der Waals surface area contributed by atoms with E-state index in [0.29, 0.717) is 5.92 Å². The van der Waals surface area contributed by atoms with E-state index in [1.54, 1.807) is 0 Å². The van der Waals surface area contributed by atoms with Gasteiger partial charge in [0.25, 0.3) is 5.91 Å². The lowest BCUT2D eigenvalue weighted by Crippen LogP contribution is -2.48. The normalized spacial score (nSPS) is 24.8. The van der Waals surface area contributed by atoms with Gasteiger partial charge in [0.05, 0.1) is 5.56 Å². The highest BCUT2D eigenvalue weighted by Crippen LogP contribution is 2.19. The van der Waals surface area contributed by atoms with Gasteiger partial charge in [0.1, 0.15) is 0 Å². The highest BCUT2D eigenvalue weighted by Gasteiger charge is 2.27. The lowest BCUT2D eigenvalue weighted by atomic mass is 9.94. The van der Waals surface area contributed by atoms with Crippen LogP contribution in [0.2, 0.25) is 0 Å². The zero-order chi connectivity index (χ0) is 12.4. The Kier molecular flexibility index (Phi) is 4.04. The van der Waals surface area contributed by atoms with Crippen LogP contribution in [0.4, 0.5) is 0 Å². The fourth-order valence-corrected chi connectivity index (χ4v) is 2.77. The summed E-state index contributed by atoms with van der Waals surface area (Å²) in [6, 6.07) is 7.95. The van der Waals surface area contributed by atoms with Gasteiger partial charge < -0.3 is 10.6 Å². The fourth-order valence-electron chi connectivity index (χ4n) is 2.15. The molecule has 1 aromatic rings. The third-order valence-corrected chi connectivity index (χ3v) is 4.30. The molecule has 3 nitrogen and oxygen atoms in total. The van der Waals surface area contributed by atoms with Crippen molar-refractivity contribution >= 4 is 28.5 Å². The predicted octanol–water partition coefficient (Wildman–Crippen LogP) is 2.10. The Morgan fingerprint density at radius 2 is 2.18 bits per heavy atom. The summed E-state index contributed by atoms with van der Waals surface area (Å²) in [5, 5.41) is 0. The summed E-state index contributed by atoms with van der Waals surface area (Å²) in [6.07, 6.45) is 0.899. The lowest BCUT2D eigenvalue weighted by molar-refractivity contribution is 0.0663. The molecule has 2 atom stereocenters. The number of amides is 1. The SMILES string of the molecule is CC1CN(C(=O)c2ccccc2I)CCC1N. The number of nitrogens with zero attached hydrogens (tertiary/aromatic N) is 1. The number of hydrogen-bond donors (Lipinski definition) is 1. The molecule has 1 saturated heterocycles. The van der Waals surface area contributed by atoms with Gasteiger partial charge in [-0.2, -0.15) is 0 Å². The van der Waals surface area contributed by atoms with Gasteiger partial charge in [-0.15, -0.1) is 0 Å². The summed E-state index contributed by atoms with van der Waals surface area (Å²) in [7, 11) is 0. The van der Waals surface area contributed by atoms with Gasteiger partial charge in [-0.05, 0) is 47.1 Å². The number of piperidine rings is 1. The molecule has 0 radical (unpaired) electrons. The summed E-state index contributed by atoms with van der Waals surface area (Å²) in [5.41, 5.74) is 6.77. The van der Waals surface area contributed by atoms with E-state index in [1.165, 1.54) is 0 Å². The van der Waals surface area contributed by atoms with Crippen molar-refractivity contribution in [2.24, 2.45) is 11.7 Å². The molecular formula is C13H17IN2O. The molecule has 0 saturated carbocycles. The molecule has 17 heavy (non-hydrogen) atoms. The number of halogens is 1. The van der Waals surface area contributed by atoms with E-state index < -0.39 is 0 Å². The Balaban J connectivity index is 2.14. The van der Waals surface area contributed by atoms with E-state index in [-0.39, 0.29) is 11.9 Å². The third-order valence-electron chi connectivity index (χ3n) is 3.36. The highest BCUT2D eigenvalue weighted by atomic mass is 127. The minimum absolute atomic E-state index is 0.133. The van der Waals surface area contributed by atoms with Crippen LogP contribution in [0, 0.1) is 9.49 Å². The predicted molar refractivity (Wildman–Crippen MR) is 76.8 cm³/mol. The van der Waals surface area contributed by atoms with Crippen LogP contribution in [0.15, 0.2) is 24.3 Å². The largest absolute Gasteiger partial charge is 0.338 e. The first-order valence-electron chi connectivity index (χ1n) is 5.89. The maximum absolute atomic E-state index is 12.4. The van der Waals surface area contributed by atoms with E-state index >= 15 is 0 Å². The molecule has 1 aliphatic rings. The average Bonchev–Trinajstić information content (AvgIpc) is 2.32. The van der Waals surface area contributed by atoms with Crippen LogP contribution in [0.25, 0.3) is 0 Å². The van der Waals surface area contributed by atoms with Crippen molar-refractivity contribution in [2.45, 2.75) is 19.4 Å². The van der Waals surface area contributed by atoms with Gasteiger partial charge in [0.15, 0.2) is 0 Å². The zero-order valence-corrected chi connectivity index (χ0v) is 12.1. The molecule has 0 aliphatic carbocycles. The third kappa shape index (κ3) is 2.80. The Bertz CT molecular complexity index is 422. The number of carbonyl (C=O) groups is 1. The second-order valence-corrected chi connectivity index (χ2v) is 5.82. The number of carbonyl (C=O) groups excluding carboxylic acids is 1. The van der Waals surface area contributed by atoms with Crippen LogP contribution >= 0.6 is 22.6 Å². The van der Waals surface area contributed by atoms with Gasteiger partial charge in [0, 0.05) is 22.7 Å². The quantitative estimate of drug-likeness (QED) is 0.793. The van der Waals surface area contributed by atoms with Crippen LogP contribution in [-0.2, 0) is 0 Å². The van der Waals surface area contributed by atoms with Crippen LogP contribution < -0.4 is 5.73 Å². The van der Waals surface area contributed by atoms with Crippen molar-refractivity contribution in [2.75, 3.05) is 13.1 Å². The summed E-state index contributed by atoms with van der Waals surface area (Å²) >= 11 is 2.21.